The molecule has 40 heavy (non-hydrogen) atoms. The van der Waals surface area contributed by atoms with Crippen LogP contribution < -0.4 is 16.2 Å². The number of aromatic nitrogens is 4. The van der Waals surface area contributed by atoms with Crippen molar-refractivity contribution in [2.24, 2.45) is 0 Å². The second-order valence-electron chi connectivity index (χ2n) is 9.62. The lowest BCUT2D eigenvalue weighted by molar-refractivity contribution is -0.131. The zero-order valence-electron chi connectivity index (χ0n) is 22.7. The molecule has 0 spiro atoms. The first-order valence-electron chi connectivity index (χ1n) is 13.1. The molecular weight excluding hydrogens is 532 g/mol. The molecule has 3 N–H and O–H groups in total. The molecule has 0 fully saturated rings. The van der Waals surface area contributed by atoms with Crippen molar-refractivity contribution < 1.29 is 17.9 Å². The van der Waals surface area contributed by atoms with E-state index in [9.17, 15) is 18.0 Å². The number of amides is 1. The number of aromatic amines is 1. The number of hydrogen-bond donors (Lipinski definition) is 2. The lowest BCUT2D eigenvalue weighted by Crippen LogP contribution is -2.33. The van der Waals surface area contributed by atoms with Crippen LogP contribution in [0.5, 0.6) is 6.01 Å². The van der Waals surface area contributed by atoms with E-state index in [1.54, 1.807) is 17.0 Å². The average Bonchev–Trinajstić information content (AvgIpc) is 3.24. The number of ether oxygens (including phenoxy) is 1. The first-order valence-corrected chi connectivity index (χ1v) is 15.0. The van der Waals surface area contributed by atoms with Gasteiger partial charge in [-0.15, -0.1) is 0 Å². The molecular formula is C28H34N6O5S. The fraction of sp³-hybridized carbons (Fsp3) is 0.357. The number of nitrogens with zero attached hydrogens (tertiary/aromatic N) is 4. The van der Waals surface area contributed by atoms with E-state index in [1.165, 1.54) is 16.7 Å². The van der Waals surface area contributed by atoms with Crippen LogP contribution in [0.1, 0.15) is 37.3 Å². The molecule has 0 aliphatic heterocycles. The highest BCUT2D eigenvalue weighted by molar-refractivity contribution is 7.90. The highest BCUT2D eigenvalue weighted by Crippen LogP contribution is 2.19. The summed E-state index contributed by atoms with van der Waals surface area (Å²) < 4.78 is 30.6. The van der Waals surface area contributed by atoms with Crippen LogP contribution in [0.15, 0.2) is 64.3 Å². The van der Waals surface area contributed by atoms with Gasteiger partial charge in [0.15, 0.2) is 21.3 Å². The molecule has 2 heterocycles. The van der Waals surface area contributed by atoms with Crippen molar-refractivity contribution in [1.82, 2.24) is 24.4 Å². The fourth-order valence-corrected chi connectivity index (χ4v) is 4.90. The van der Waals surface area contributed by atoms with Gasteiger partial charge in [0.1, 0.15) is 5.52 Å². The number of benzene rings is 2. The Morgan fingerprint density at radius 2 is 1.77 bits per heavy atom. The number of sulfone groups is 1. The number of rotatable bonds is 13. The first-order chi connectivity index (χ1) is 19.2. The number of H-pyrrole nitrogens is 1. The van der Waals surface area contributed by atoms with Crippen LogP contribution in [-0.2, 0) is 34.1 Å². The number of carbonyl (C=O) groups is 1. The van der Waals surface area contributed by atoms with E-state index in [0.717, 1.165) is 24.7 Å². The molecule has 12 heteroatoms. The molecule has 4 rings (SSSR count). The third-order valence-corrected chi connectivity index (χ3v) is 7.57. The summed E-state index contributed by atoms with van der Waals surface area (Å²) in [5.74, 6) is 0.0236. The minimum Gasteiger partial charge on any atom is -0.463 e. The maximum atomic E-state index is 13.4. The minimum atomic E-state index is -3.32. The summed E-state index contributed by atoms with van der Waals surface area (Å²) in [7, 11) is -3.32. The van der Waals surface area contributed by atoms with Crippen molar-refractivity contribution in [2.45, 2.75) is 50.6 Å². The van der Waals surface area contributed by atoms with E-state index >= 15 is 0 Å². The Morgan fingerprint density at radius 1 is 1.05 bits per heavy atom. The molecule has 0 aliphatic rings. The van der Waals surface area contributed by atoms with Crippen molar-refractivity contribution in [1.29, 1.82) is 0 Å². The highest BCUT2D eigenvalue weighted by Gasteiger charge is 2.18. The van der Waals surface area contributed by atoms with E-state index in [-0.39, 0.29) is 34.7 Å². The van der Waals surface area contributed by atoms with E-state index in [0.29, 0.717) is 49.4 Å². The Hall–Kier alpha value is -4.19. The topological polar surface area (TPSA) is 153 Å². The molecule has 2 aromatic heterocycles. The summed E-state index contributed by atoms with van der Waals surface area (Å²) in [6, 6.07) is 16.1. The quantitative estimate of drug-likeness (QED) is 0.234. The van der Waals surface area contributed by atoms with Gasteiger partial charge in [-0.05, 0) is 36.1 Å². The predicted octanol–water partition coefficient (Wildman–Crippen LogP) is 2.95. The Morgan fingerprint density at radius 3 is 2.45 bits per heavy atom. The highest BCUT2D eigenvalue weighted by atomic mass is 32.2. The smallest absolute Gasteiger partial charge is 0.327 e. The second-order valence-corrected chi connectivity index (χ2v) is 11.6. The monoisotopic (exact) mass is 566 g/mol. The molecule has 0 aliphatic carbocycles. The number of fused-ring (bicyclic) bond motifs is 1. The van der Waals surface area contributed by atoms with E-state index in [1.807, 2.05) is 37.3 Å². The van der Waals surface area contributed by atoms with Gasteiger partial charge < -0.3 is 20.4 Å². The maximum absolute atomic E-state index is 13.4. The van der Waals surface area contributed by atoms with Crippen LogP contribution in [0, 0.1) is 0 Å². The summed E-state index contributed by atoms with van der Waals surface area (Å²) in [6.07, 6.45) is 3.54. The van der Waals surface area contributed by atoms with Crippen LogP contribution >= 0.6 is 0 Å². The molecule has 0 saturated heterocycles. The van der Waals surface area contributed by atoms with Gasteiger partial charge in [0, 0.05) is 25.9 Å². The van der Waals surface area contributed by atoms with Crippen molar-refractivity contribution >= 4 is 32.7 Å². The molecule has 0 saturated carbocycles. The largest absolute Gasteiger partial charge is 0.463 e. The Bertz CT molecular complexity index is 1610. The number of unbranched alkanes of at least 4 members (excludes halogenated alkanes) is 1. The third kappa shape index (κ3) is 7.26. The molecule has 212 valence electrons. The molecule has 4 aromatic rings. The summed E-state index contributed by atoms with van der Waals surface area (Å²) in [6.45, 7) is 3.57. The number of nitrogens with one attached hydrogen (secondary N) is 1. The average molecular weight is 567 g/mol. The summed E-state index contributed by atoms with van der Waals surface area (Å²) in [5.41, 5.74) is 8.08. The van der Waals surface area contributed by atoms with Gasteiger partial charge in [0.2, 0.25) is 5.91 Å². The summed E-state index contributed by atoms with van der Waals surface area (Å²) in [4.78, 5) is 39.3. The normalized spacial score (nSPS) is 11.6. The maximum Gasteiger partial charge on any atom is 0.327 e. The Labute approximate surface area is 232 Å². The molecule has 0 atom stereocenters. The number of imidazole rings is 1. The number of nitrogens with two attached hydrogens (primary N) is 1. The molecule has 0 bridgehead atoms. The molecule has 1 amide bonds. The fourth-order valence-electron chi connectivity index (χ4n) is 4.27. The van der Waals surface area contributed by atoms with E-state index < -0.39 is 9.84 Å². The summed E-state index contributed by atoms with van der Waals surface area (Å²) >= 11 is 0. The first kappa shape index (κ1) is 28.8. The second kappa shape index (κ2) is 12.8. The lowest BCUT2D eigenvalue weighted by atomic mass is 10.1. The third-order valence-electron chi connectivity index (χ3n) is 6.44. The zero-order chi connectivity index (χ0) is 28.7. The van der Waals surface area contributed by atoms with Crippen molar-refractivity contribution in [3.05, 3.63) is 76.2 Å². The Balaban J connectivity index is 1.49. The minimum absolute atomic E-state index is 0.111. The van der Waals surface area contributed by atoms with Crippen molar-refractivity contribution in [2.75, 3.05) is 25.1 Å². The number of nitrogen functional groups attached to an aromatic ring is 1. The van der Waals surface area contributed by atoms with Gasteiger partial charge in [-0.3, -0.25) is 9.36 Å². The van der Waals surface area contributed by atoms with Crippen molar-refractivity contribution in [3.63, 3.8) is 0 Å². The van der Waals surface area contributed by atoms with Gasteiger partial charge in [-0.2, -0.15) is 9.97 Å². The lowest BCUT2D eigenvalue weighted by Gasteiger charge is -2.23. The number of anilines is 1. The van der Waals surface area contributed by atoms with Gasteiger partial charge >= 0.3 is 11.7 Å². The van der Waals surface area contributed by atoms with Gasteiger partial charge in [0.05, 0.1) is 17.9 Å². The van der Waals surface area contributed by atoms with Crippen LogP contribution in [0.25, 0.3) is 11.2 Å². The van der Waals surface area contributed by atoms with Crippen LogP contribution in [0.4, 0.5) is 5.82 Å². The standard InChI is InChI=1S/C28H34N6O5S/c1-3-4-17-39-27-31-25(29)24-26(32-27)34(28(36)30-24)16-8-15-33(19-21-9-6-5-7-10-21)23(35)18-20-11-13-22(14-12-20)40(2,37)38/h5-7,9-14H,3-4,8,15-19H2,1-2H3,(H,30,36)(H2,29,31,32). The molecule has 0 radical (unpaired) electrons. The zero-order valence-corrected chi connectivity index (χ0v) is 23.5. The van der Waals surface area contributed by atoms with E-state index in [4.69, 9.17) is 10.5 Å². The van der Waals surface area contributed by atoms with Gasteiger partial charge in [-0.25, -0.2) is 13.2 Å². The van der Waals surface area contributed by atoms with Crippen LogP contribution in [0.2, 0.25) is 0 Å². The van der Waals surface area contributed by atoms with E-state index in [2.05, 4.69) is 15.0 Å². The molecule has 11 nitrogen and oxygen atoms in total. The van der Waals surface area contributed by atoms with Gasteiger partial charge in [0.25, 0.3) is 0 Å². The van der Waals surface area contributed by atoms with Gasteiger partial charge in [-0.1, -0.05) is 55.8 Å². The number of carbonyl (C=O) groups excluding carboxylic acids is 1. The van der Waals surface area contributed by atoms with Crippen LogP contribution in [-0.4, -0.2) is 58.2 Å². The Kier molecular flexibility index (Phi) is 9.20. The predicted molar refractivity (Wildman–Crippen MR) is 153 cm³/mol. The molecule has 0 unspecified atom stereocenters. The number of hydrogen-bond acceptors (Lipinski definition) is 8. The van der Waals surface area contributed by atoms with Crippen molar-refractivity contribution in [3.8, 4) is 6.01 Å². The molecule has 2 aromatic carbocycles. The summed E-state index contributed by atoms with van der Waals surface area (Å²) in [5, 5.41) is 0. The SMILES string of the molecule is CCCCOc1nc(N)c2[nH]c(=O)n(CCCN(Cc3ccccc3)C(=O)Cc3ccc(S(C)(=O)=O)cc3)c2n1. The van der Waals surface area contributed by atoms with Crippen LogP contribution in [0.3, 0.4) is 0 Å². The number of aryl methyl sites for hydroxylation is 1.